The smallest absolute Gasteiger partial charge is 0.247 e. The molecule has 4 nitrogen and oxygen atoms in total. The number of methoxy groups -OCH3 is 1. The van der Waals surface area contributed by atoms with Crippen molar-refractivity contribution in [3.63, 3.8) is 0 Å². The molecule has 0 amide bonds. The summed E-state index contributed by atoms with van der Waals surface area (Å²) in [7, 11) is 1.52. The summed E-state index contributed by atoms with van der Waals surface area (Å²) in [5.74, 6) is -0.355. The Balaban J connectivity index is 3.07. The fourth-order valence-electron chi connectivity index (χ4n) is 0.269. The Kier molecular flexibility index (Phi) is 4.72. The van der Waals surface area contributed by atoms with Crippen molar-refractivity contribution >= 4 is 12.2 Å². The molecule has 0 aromatic carbocycles. The highest BCUT2D eigenvalue weighted by atomic mass is 16.5. The summed E-state index contributed by atoms with van der Waals surface area (Å²) in [4.78, 5) is 9.71. The predicted octanol–water partition coefficient (Wildman–Crippen LogP) is -0.174. The second kappa shape index (κ2) is 5.24. The number of carbonyl (C=O) groups excluding carboxylic acids is 1. The molecule has 0 aliphatic rings. The summed E-state index contributed by atoms with van der Waals surface area (Å²) in [6.07, 6.45) is 0.343. The van der Waals surface area contributed by atoms with E-state index in [0.29, 0.717) is 12.9 Å². The molecule has 0 heterocycles. The van der Waals surface area contributed by atoms with E-state index in [1.807, 2.05) is 0 Å². The number of rotatable bonds is 4. The van der Waals surface area contributed by atoms with Gasteiger partial charge in [-0.25, -0.2) is 0 Å². The maximum Gasteiger partial charge on any atom is 0.247 e. The van der Waals surface area contributed by atoms with Gasteiger partial charge in [0.1, 0.15) is 6.61 Å². The van der Waals surface area contributed by atoms with Crippen LogP contribution in [0.2, 0.25) is 0 Å². The molecule has 0 unspecified atom stereocenters. The summed E-state index contributed by atoms with van der Waals surface area (Å²) in [6.45, 7) is 0.657. The molecule has 0 fully saturated rings. The number of nitrogens with one attached hydrogen (secondary N) is 1. The normalized spacial score (nSPS) is 8.56. The summed E-state index contributed by atoms with van der Waals surface area (Å²) >= 11 is 0. The highest BCUT2D eigenvalue weighted by Crippen LogP contribution is 1.74. The summed E-state index contributed by atoms with van der Waals surface area (Å²) < 4.78 is 9.12. The van der Waals surface area contributed by atoms with E-state index in [1.54, 1.807) is 0 Å². The Labute approximate surface area is 53.3 Å². The van der Waals surface area contributed by atoms with Crippen molar-refractivity contribution in [2.75, 3.05) is 20.3 Å². The molecular weight excluding hydrogens is 122 g/mol. The van der Waals surface area contributed by atoms with E-state index < -0.39 is 0 Å². The first-order valence-electron chi connectivity index (χ1n) is 2.46. The van der Waals surface area contributed by atoms with Crippen molar-refractivity contribution in [3.8, 4) is 0 Å². The molecule has 0 saturated heterocycles. The lowest BCUT2D eigenvalue weighted by molar-refractivity contribution is -0.104. The van der Waals surface area contributed by atoms with Crippen molar-refractivity contribution in [2.24, 2.45) is 0 Å². The Hall–Kier alpha value is -0.900. The number of ether oxygens (including phenoxy) is 2. The lowest BCUT2D eigenvalue weighted by Gasteiger charge is -1.99. The van der Waals surface area contributed by atoms with Gasteiger partial charge in [0.05, 0.1) is 6.61 Å². The van der Waals surface area contributed by atoms with Gasteiger partial charge in [-0.3, -0.25) is 10.2 Å². The molecule has 9 heavy (non-hydrogen) atoms. The van der Waals surface area contributed by atoms with E-state index in [0.717, 1.165) is 0 Å². The van der Waals surface area contributed by atoms with Gasteiger partial charge in [-0.15, -0.1) is 0 Å². The second-order valence-electron chi connectivity index (χ2n) is 1.32. The van der Waals surface area contributed by atoms with Gasteiger partial charge in [-0.05, 0) is 0 Å². The van der Waals surface area contributed by atoms with Gasteiger partial charge in [0.25, 0.3) is 0 Å². The molecule has 0 rings (SSSR count). The van der Waals surface area contributed by atoms with Gasteiger partial charge in [0.15, 0.2) is 0 Å². The molecule has 1 N–H and O–H groups in total. The van der Waals surface area contributed by atoms with Crippen molar-refractivity contribution in [1.29, 1.82) is 5.41 Å². The van der Waals surface area contributed by atoms with Crippen molar-refractivity contribution in [1.82, 2.24) is 0 Å². The molecule has 0 aliphatic carbocycles. The molecule has 0 bridgehead atoms. The van der Waals surface area contributed by atoms with Crippen molar-refractivity contribution < 1.29 is 14.3 Å². The van der Waals surface area contributed by atoms with Crippen LogP contribution in [0.3, 0.4) is 0 Å². The zero-order valence-corrected chi connectivity index (χ0v) is 5.22. The quantitative estimate of drug-likeness (QED) is 0.249. The minimum Gasteiger partial charge on any atom is -0.473 e. The third-order valence-electron chi connectivity index (χ3n) is 0.652. The van der Waals surface area contributed by atoms with Crippen LogP contribution in [0, 0.1) is 5.41 Å². The van der Waals surface area contributed by atoms with Gasteiger partial charge in [-0.1, -0.05) is 0 Å². The summed E-state index contributed by atoms with van der Waals surface area (Å²) in [6, 6.07) is 0. The summed E-state index contributed by atoms with van der Waals surface area (Å²) in [5, 5.41) is 6.67. The van der Waals surface area contributed by atoms with Crippen LogP contribution in [-0.2, 0) is 14.3 Å². The third-order valence-corrected chi connectivity index (χ3v) is 0.652. The highest BCUT2D eigenvalue weighted by molar-refractivity contribution is 6.22. The van der Waals surface area contributed by atoms with E-state index in [9.17, 15) is 4.79 Å². The van der Waals surface area contributed by atoms with E-state index in [1.165, 1.54) is 7.11 Å². The van der Waals surface area contributed by atoms with Crippen LogP contribution in [0.4, 0.5) is 0 Å². The molecule has 52 valence electrons. The second-order valence-corrected chi connectivity index (χ2v) is 1.32. The first-order chi connectivity index (χ1) is 4.31. The Bertz CT molecular complexity index is 102. The average molecular weight is 131 g/mol. The number of hydrogen-bond donors (Lipinski definition) is 1. The van der Waals surface area contributed by atoms with Crippen LogP contribution in [-0.4, -0.2) is 32.5 Å². The number of carbonyl (C=O) groups is 1. The molecule has 0 aromatic rings. The number of aldehydes is 1. The fourth-order valence-corrected chi connectivity index (χ4v) is 0.269. The van der Waals surface area contributed by atoms with Crippen molar-refractivity contribution in [2.45, 2.75) is 0 Å². The average Bonchev–Trinajstić information content (AvgIpc) is 1.89. The molecular formula is C5H9NO3. The molecule has 4 heteroatoms. The highest BCUT2D eigenvalue weighted by Gasteiger charge is 1.90. The molecule has 0 aromatic heterocycles. The molecule has 0 saturated carbocycles. The van der Waals surface area contributed by atoms with E-state index in [-0.39, 0.29) is 12.5 Å². The minimum atomic E-state index is -0.355. The van der Waals surface area contributed by atoms with Crippen LogP contribution in [0.25, 0.3) is 0 Å². The van der Waals surface area contributed by atoms with Gasteiger partial charge >= 0.3 is 0 Å². The summed E-state index contributed by atoms with van der Waals surface area (Å²) in [5.41, 5.74) is 0. The maximum absolute atomic E-state index is 9.71. The Morgan fingerprint density at radius 3 is 2.78 bits per heavy atom. The van der Waals surface area contributed by atoms with Gasteiger partial charge in [-0.2, -0.15) is 0 Å². The topological polar surface area (TPSA) is 59.4 Å². The van der Waals surface area contributed by atoms with E-state index in [4.69, 9.17) is 5.41 Å². The molecule has 0 radical (unpaired) electrons. The number of hydrogen-bond acceptors (Lipinski definition) is 4. The minimum absolute atomic E-state index is 0.258. The lowest BCUT2D eigenvalue weighted by atomic mass is 10.7. The Morgan fingerprint density at radius 2 is 2.33 bits per heavy atom. The van der Waals surface area contributed by atoms with Crippen LogP contribution < -0.4 is 0 Å². The van der Waals surface area contributed by atoms with Crippen molar-refractivity contribution in [3.05, 3.63) is 0 Å². The molecule has 0 atom stereocenters. The van der Waals surface area contributed by atoms with Crippen LogP contribution in [0.1, 0.15) is 0 Å². The maximum atomic E-state index is 9.71. The largest absolute Gasteiger partial charge is 0.473 e. The lowest BCUT2D eigenvalue weighted by Crippen LogP contribution is -2.09. The first kappa shape index (κ1) is 8.10. The molecule has 0 spiro atoms. The zero-order valence-electron chi connectivity index (χ0n) is 5.22. The van der Waals surface area contributed by atoms with E-state index in [2.05, 4.69) is 9.47 Å². The SMILES string of the molecule is COCCOC(=N)C=O. The van der Waals surface area contributed by atoms with E-state index >= 15 is 0 Å². The standard InChI is InChI=1S/C5H9NO3/c1-8-2-3-9-5(6)4-7/h4,6H,2-3H2,1H3. The predicted molar refractivity (Wildman–Crippen MR) is 31.6 cm³/mol. The molecule has 0 aliphatic heterocycles. The van der Waals surface area contributed by atoms with Crippen LogP contribution in [0.5, 0.6) is 0 Å². The van der Waals surface area contributed by atoms with Crippen LogP contribution in [0.15, 0.2) is 0 Å². The van der Waals surface area contributed by atoms with Gasteiger partial charge in [0.2, 0.25) is 12.2 Å². The zero-order chi connectivity index (χ0) is 7.11. The van der Waals surface area contributed by atoms with Crippen LogP contribution >= 0.6 is 0 Å². The third kappa shape index (κ3) is 4.96. The Morgan fingerprint density at radius 1 is 1.67 bits per heavy atom. The monoisotopic (exact) mass is 131 g/mol. The first-order valence-corrected chi connectivity index (χ1v) is 2.46. The fraction of sp³-hybridized carbons (Fsp3) is 0.600. The van der Waals surface area contributed by atoms with Gasteiger partial charge in [0, 0.05) is 7.11 Å². The van der Waals surface area contributed by atoms with Gasteiger partial charge < -0.3 is 9.47 Å².